The van der Waals surface area contributed by atoms with Gasteiger partial charge in [-0.3, -0.25) is 0 Å². The van der Waals surface area contributed by atoms with Crippen molar-refractivity contribution in [3.63, 3.8) is 0 Å². The summed E-state index contributed by atoms with van der Waals surface area (Å²) >= 11 is 0. The highest BCUT2D eigenvalue weighted by Gasteiger charge is 2.29. The van der Waals surface area contributed by atoms with Crippen LogP contribution in [0.25, 0.3) is 0 Å². The molecule has 17 heavy (non-hydrogen) atoms. The van der Waals surface area contributed by atoms with Gasteiger partial charge in [-0.2, -0.15) is 0 Å². The summed E-state index contributed by atoms with van der Waals surface area (Å²) in [6.07, 6.45) is 1.99. The molecule has 1 aliphatic rings. The second kappa shape index (κ2) is 5.69. The largest absolute Gasteiger partial charge is 0.444 e. The average Bonchev–Trinajstić information content (AvgIpc) is 2.18. The molecule has 1 amide bonds. The maximum absolute atomic E-state index is 11.6. The van der Waals surface area contributed by atoms with E-state index in [0.29, 0.717) is 0 Å². The highest BCUT2D eigenvalue weighted by molar-refractivity contribution is 5.68. The molecule has 0 bridgehead atoms. The summed E-state index contributed by atoms with van der Waals surface area (Å²) in [5, 5.41) is 12.0. The van der Waals surface area contributed by atoms with Crippen molar-refractivity contribution in [2.24, 2.45) is 11.7 Å². The number of rotatable bonds is 2. The van der Waals surface area contributed by atoms with E-state index in [1.165, 1.54) is 0 Å². The zero-order chi connectivity index (χ0) is 13.1. The zero-order valence-corrected chi connectivity index (χ0v) is 10.9. The van der Waals surface area contributed by atoms with Crippen molar-refractivity contribution in [3.05, 3.63) is 0 Å². The van der Waals surface area contributed by atoms with E-state index in [1.807, 2.05) is 20.8 Å². The monoisotopic (exact) mass is 244 g/mol. The number of nitrogens with one attached hydrogen (secondary N) is 1. The minimum atomic E-state index is -0.481. The van der Waals surface area contributed by atoms with Crippen LogP contribution < -0.4 is 11.1 Å². The Morgan fingerprint density at radius 2 is 2.12 bits per heavy atom. The summed E-state index contributed by atoms with van der Waals surface area (Å²) in [5.74, 6) is 0.0729. The Hall–Kier alpha value is -0.810. The van der Waals surface area contributed by atoms with Crippen LogP contribution in [0.3, 0.4) is 0 Å². The first-order chi connectivity index (χ1) is 7.81. The summed E-state index contributed by atoms with van der Waals surface area (Å²) in [7, 11) is 0. The van der Waals surface area contributed by atoms with Crippen LogP contribution in [0.5, 0.6) is 0 Å². The maximum Gasteiger partial charge on any atom is 0.407 e. The molecular formula is C12H24N2O3. The van der Waals surface area contributed by atoms with E-state index in [9.17, 15) is 9.90 Å². The first-order valence-corrected chi connectivity index (χ1v) is 6.18. The molecular weight excluding hydrogens is 220 g/mol. The van der Waals surface area contributed by atoms with Gasteiger partial charge in [0.1, 0.15) is 5.60 Å². The minimum Gasteiger partial charge on any atom is -0.444 e. The fourth-order valence-corrected chi connectivity index (χ4v) is 2.10. The van der Waals surface area contributed by atoms with Gasteiger partial charge >= 0.3 is 6.09 Å². The first-order valence-electron chi connectivity index (χ1n) is 6.18. The van der Waals surface area contributed by atoms with E-state index in [-0.39, 0.29) is 24.6 Å². The molecule has 0 radical (unpaired) electrons. The van der Waals surface area contributed by atoms with Gasteiger partial charge in [-0.05, 0) is 46.0 Å². The molecule has 0 aliphatic heterocycles. The third kappa shape index (κ3) is 4.91. The molecule has 0 saturated heterocycles. The van der Waals surface area contributed by atoms with Crippen molar-refractivity contribution >= 4 is 6.09 Å². The Kier molecular flexibility index (Phi) is 4.77. The first kappa shape index (κ1) is 14.3. The number of hydrogen-bond donors (Lipinski definition) is 3. The van der Waals surface area contributed by atoms with Crippen LogP contribution >= 0.6 is 0 Å². The molecule has 1 saturated carbocycles. The summed E-state index contributed by atoms with van der Waals surface area (Å²) in [6, 6.07) is 0.0958. The Balaban J connectivity index is 2.40. The number of ether oxygens (including phenoxy) is 1. The highest BCUT2D eigenvalue weighted by atomic mass is 16.6. The lowest BCUT2D eigenvalue weighted by molar-refractivity contribution is 0.0468. The van der Waals surface area contributed by atoms with Gasteiger partial charge in [0.2, 0.25) is 0 Å². The second-order valence-corrected chi connectivity index (χ2v) is 5.76. The molecule has 0 spiro atoms. The molecule has 0 aromatic carbocycles. The normalized spacial score (nSPS) is 29.8. The molecule has 1 rings (SSSR count). The summed E-state index contributed by atoms with van der Waals surface area (Å²) in [6.45, 7) is 5.58. The number of amides is 1. The van der Waals surface area contributed by atoms with Gasteiger partial charge in [-0.1, -0.05) is 0 Å². The number of carbonyl (C=O) groups is 1. The predicted molar refractivity (Wildman–Crippen MR) is 65.6 cm³/mol. The van der Waals surface area contributed by atoms with Crippen molar-refractivity contribution in [2.45, 2.75) is 57.7 Å². The molecule has 3 atom stereocenters. The van der Waals surface area contributed by atoms with Crippen LogP contribution in [-0.4, -0.2) is 35.5 Å². The van der Waals surface area contributed by atoms with E-state index >= 15 is 0 Å². The smallest absolute Gasteiger partial charge is 0.407 e. The van der Waals surface area contributed by atoms with Crippen LogP contribution in [-0.2, 0) is 4.74 Å². The molecule has 1 fully saturated rings. The number of hydrogen-bond acceptors (Lipinski definition) is 4. The number of carbonyl (C=O) groups excluding carboxylic acids is 1. The van der Waals surface area contributed by atoms with Crippen molar-refractivity contribution in [1.29, 1.82) is 0 Å². The summed E-state index contributed by atoms with van der Waals surface area (Å²) in [5.41, 5.74) is 5.40. The Morgan fingerprint density at radius 1 is 1.47 bits per heavy atom. The highest BCUT2D eigenvalue weighted by Crippen LogP contribution is 2.23. The quantitative estimate of drug-likeness (QED) is 0.676. The van der Waals surface area contributed by atoms with Crippen LogP contribution in [0.2, 0.25) is 0 Å². The van der Waals surface area contributed by atoms with Gasteiger partial charge in [0.05, 0.1) is 0 Å². The summed E-state index contributed by atoms with van der Waals surface area (Å²) in [4.78, 5) is 11.6. The van der Waals surface area contributed by atoms with E-state index < -0.39 is 11.7 Å². The minimum absolute atomic E-state index is 0.0386. The third-order valence-electron chi connectivity index (χ3n) is 3.00. The average molecular weight is 244 g/mol. The molecule has 0 aromatic rings. The summed E-state index contributed by atoms with van der Waals surface area (Å²) < 4.78 is 5.19. The van der Waals surface area contributed by atoms with E-state index in [4.69, 9.17) is 10.5 Å². The molecule has 0 unspecified atom stereocenters. The molecule has 1 aliphatic carbocycles. The van der Waals surface area contributed by atoms with E-state index in [0.717, 1.165) is 19.3 Å². The maximum atomic E-state index is 11.6. The lowest BCUT2D eigenvalue weighted by Crippen LogP contribution is -2.47. The number of aliphatic hydroxyl groups excluding tert-OH is 1. The Labute approximate surface area is 103 Å². The standard InChI is InChI=1S/C12H24N2O3/c1-12(2,3)17-11(16)14-9-4-5-10(13)8(6-9)7-15/h8-10,15H,4-7,13H2,1-3H3,(H,14,16)/t8-,9+,10-/m1/s1. The molecule has 0 aromatic heterocycles. The van der Waals surface area contributed by atoms with Crippen LogP contribution in [0.4, 0.5) is 4.79 Å². The van der Waals surface area contributed by atoms with Gasteiger partial charge in [0.15, 0.2) is 0 Å². The molecule has 0 heterocycles. The van der Waals surface area contributed by atoms with E-state index in [2.05, 4.69) is 5.32 Å². The van der Waals surface area contributed by atoms with Crippen molar-refractivity contribution < 1.29 is 14.6 Å². The SMILES string of the molecule is CC(C)(C)OC(=O)N[C@H]1CC[C@@H](N)[C@@H](CO)C1. The van der Waals surface area contributed by atoms with Gasteiger partial charge < -0.3 is 20.9 Å². The van der Waals surface area contributed by atoms with Gasteiger partial charge in [-0.25, -0.2) is 4.79 Å². The van der Waals surface area contributed by atoms with Crippen molar-refractivity contribution in [2.75, 3.05) is 6.61 Å². The third-order valence-corrected chi connectivity index (χ3v) is 3.00. The fraction of sp³-hybridized carbons (Fsp3) is 0.917. The van der Waals surface area contributed by atoms with Gasteiger partial charge in [0.25, 0.3) is 0 Å². The van der Waals surface area contributed by atoms with Crippen molar-refractivity contribution in [1.82, 2.24) is 5.32 Å². The molecule has 100 valence electrons. The molecule has 4 N–H and O–H groups in total. The number of alkyl carbamates (subject to hydrolysis) is 1. The van der Waals surface area contributed by atoms with Crippen LogP contribution in [0.15, 0.2) is 0 Å². The van der Waals surface area contributed by atoms with Crippen molar-refractivity contribution in [3.8, 4) is 0 Å². The Bertz CT molecular complexity index is 263. The lowest BCUT2D eigenvalue weighted by Gasteiger charge is -2.33. The van der Waals surface area contributed by atoms with Crippen LogP contribution in [0, 0.1) is 5.92 Å². The van der Waals surface area contributed by atoms with Gasteiger partial charge in [-0.15, -0.1) is 0 Å². The molecule has 5 nitrogen and oxygen atoms in total. The predicted octanol–water partition coefficient (Wildman–Crippen LogP) is 0.999. The van der Waals surface area contributed by atoms with E-state index in [1.54, 1.807) is 0 Å². The number of nitrogens with two attached hydrogens (primary N) is 1. The lowest BCUT2D eigenvalue weighted by atomic mass is 9.82. The fourth-order valence-electron chi connectivity index (χ4n) is 2.10. The topological polar surface area (TPSA) is 84.6 Å². The second-order valence-electron chi connectivity index (χ2n) is 5.76. The Morgan fingerprint density at radius 3 is 2.65 bits per heavy atom. The van der Waals surface area contributed by atoms with Crippen LogP contribution in [0.1, 0.15) is 40.0 Å². The molecule has 5 heteroatoms. The zero-order valence-electron chi connectivity index (χ0n) is 10.9. The van der Waals surface area contributed by atoms with Gasteiger partial charge in [0, 0.05) is 18.7 Å². The number of aliphatic hydroxyl groups is 1.